The van der Waals surface area contributed by atoms with Crippen LogP contribution in [0.25, 0.3) is 0 Å². The van der Waals surface area contributed by atoms with E-state index in [1.165, 1.54) is 0 Å². The van der Waals surface area contributed by atoms with E-state index in [1.54, 1.807) is 6.92 Å². The first kappa shape index (κ1) is 14.4. The third-order valence-electron chi connectivity index (χ3n) is 2.34. The first-order valence-electron chi connectivity index (χ1n) is 5.24. The Kier molecular flexibility index (Phi) is 6.53. The molecular weight excluding hydrogens is 212 g/mol. The van der Waals surface area contributed by atoms with Crippen LogP contribution in [0.4, 0.5) is 0 Å². The Morgan fingerprint density at radius 1 is 1.40 bits per heavy atom. The van der Waals surface area contributed by atoms with Crippen molar-refractivity contribution in [3.63, 3.8) is 0 Å². The maximum Gasteiger partial charge on any atom is 0.150 e. The van der Waals surface area contributed by atoms with E-state index in [-0.39, 0.29) is 17.5 Å². The second-order valence-electron chi connectivity index (χ2n) is 3.81. The minimum absolute atomic E-state index is 0.201. The quantitative estimate of drug-likeness (QED) is 0.615. The Hall–Kier alpha value is -0.600. The number of hydrogen-bond acceptors (Lipinski definition) is 4. The molecule has 0 aromatic carbocycles. The van der Waals surface area contributed by atoms with Crippen LogP contribution in [-0.4, -0.2) is 44.0 Å². The molecule has 0 fully saturated rings. The van der Waals surface area contributed by atoms with Gasteiger partial charge in [-0.05, 0) is 20.3 Å². The van der Waals surface area contributed by atoms with Gasteiger partial charge in [0.05, 0.1) is 18.4 Å². The van der Waals surface area contributed by atoms with Crippen LogP contribution in [-0.2, 0) is 9.84 Å². The lowest BCUT2D eigenvalue weighted by Crippen LogP contribution is -2.33. The molecule has 4 nitrogen and oxygen atoms in total. The van der Waals surface area contributed by atoms with E-state index in [4.69, 9.17) is 5.26 Å². The minimum atomic E-state index is -2.87. The fourth-order valence-corrected chi connectivity index (χ4v) is 2.10. The summed E-state index contributed by atoms with van der Waals surface area (Å²) in [7, 11) is -2.87. The lowest BCUT2D eigenvalue weighted by Gasteiger charge is -2.22. The van der Waals surface area contributed by atoms with Crippen LogP contribution in [0.3, 0.4) is 0 Å². The van der Waals surface area contributed by atoms with Gasteiger partial charge in [-0.1, -0.05) is 6.92 Å². The summed E-state index contributed by atoms with van der Waals surface area (Å²) >= 11 is 0. The molecule has 0 atom stereocenters. The van der Waals surface area contributed by atoms with Gasteiger partial charge in [-0.3, -0.25) is 4.90 Å². The molecule has 0 aliphatic carbocycles. The van der Waals surface area contributed by atoms with E-state index in [2.05, 4.69) is 6.07 Å². The standard InChI is InChI=1S/C10H20N2O2S/c1-4-15(13,14)9-5-7-12(8-6-11)10(2)3/h10H,4-5,7-9H2,1-3H3. The summed E-state index contributed by atoms with van der Waals surface area (Å²) in [6.45, 7) is 6.70. The first-order valence-corrected chi connectivity index (χ1v) is 7.06. The maximum absolute atomic E-state index is 11.2. The van der Waals surface area contributed by atoms with Crippen LogP contribution < -0.4 is 0 Å². The number of rotatable bonds is 7. The van der Waals surface area contributed by atoms with Crippen molar-refractivity contribution in [2.45, 2.75) is 33.2 Å². The maximum atomic E-state index is 11.2. The lowest BCUT2D eigenvalue weighted by atomic mass is 10.3. The van der Waals surface area contributed by atoms with Crippen LogP contribution in [0.15, 0.2) is 0 Å². The Morgan fingerprint density at radius 3 is 2.40 bits per heavy atom. The molecule has 0 aromatic heterocycles. The summed E-state index contributed by atoms with van der Waals surface area (Å²) in [5.41, 5.74) is 0. The van der Waals surface area contributed by atoms with Gasteiger partial charge in [-0.15, -0.1) is 0 Å². The molecule has 0 N–H and O–H groups in total. The van der Waals surface area contributed by atoms with Crippen LogP contribution in [0.5, 0.6) is 0 Å². The molecule has 5 heteroatoms. The van der Waals surface area contributed by atoms with Crippen molar-refractivity contribution in [2.75, 3.05) is 24.6 Å². The molecule has 0 rings (SSSR count). The van der Waals surface area contributed by atoms with Gasteiger partial charge in [0, 0.05) is 18.3 Å². The summed E-state index contributed by atoms with van der Waals surface area (Å²) in [6, 6.07) is 2.37. The van der Waals surface area contributed by atoms with E-state index in [1.807, 2.05) is 18.7 Å². The number of nitriles is 1. The van der Waals surface area contributed by atoms with Crippen molar-refractivity contribution in [1.82, 2.24) is 4.90 Å². The lowest BCUT2D eigenvalue weighted by molar-refractivity contribution is 0.250. The summed E-state index contributed by atoms with van der Waals surface area (Å²) in [6.07, 6.45) is 0.607. The van der Waals surface area contributed by atoms with Gasteiger partial charge in [-0.2, -0.15) is 5.26 Å². The third-order valence-corrected chi connectivity index (χ3v) is 4.13. The van der Waals surface area contributed by atoms with E-state index in [0.717, 1.165) is 0 Å². The van der Waals surface area contributed by atoms with Gasteiger partial charge in [0.2, 0.25) is 0 Å². The summed E-state index contributed by atoms with van der Waals surface area (Å²) in [5, 5.41) is 8.58. The van der Waals surface area contributed by atoms with E-state index in [0.29, 0.717) is 19.5 Å². The summed E-state index contributed by atoms with van der Waals surface area (Å²) in [5.74, 6) is 0.422. The van der Waals surface area contributed by atoms with Crippen molar-refractivity contribution in [2.24, 2.45) is 0 Å². The zero-order valence-electron chi connectivity index (χ0n) is 9.73. The predicted molar refractivity (Wildman–Crippen MR) is 61.3 cm³/mol. The molecule has 88 valence electrons. The summed E-state index contributed by atoms with van der Waals surface area (Å²) < 4.78 is 22.4. The van der Waals surface area contributed by atoms with Crippen molar-refractivity contribution < 1.29 is 8.42 Å². The average Bonchev–Trinajstić information content (AvgIpc) is 2.16. The van der Waals surface area contributed by atoms with E-state index >= 15 is 0 Å². The van der Waals surface area contributed by atoms with Crippen molar-refractivity contribution in [3.05, 3.63) is 0 Å². The molecule has 0 spiro atoms. The second-order valence-corrected chi connectivity index (χ2v) is 6.28. The van der Waals surface area contributed by atoms with E-state index in [9.17, 15) is 8.42 Å². The fourth-order valence-electron chi connectivity index (χ4n) is 1.24. The normalized spacial score (nSPS) is 12.0. The van der Waals surface area contributed by atoms with Crippen LogP contribution in [0, 0.1) is 11.3 Å². The number of hydrogen-bond donors (Lipinski definition) is 0. The Labute approximate surface area is 92.8 Å². The van der Waals surface area contributed by atoms with Crippen molar-refractivity contribution in [3.8, 4) is 6.07 Å². The molecule has 15 heavy (non-hydrogen) atoms. The highest BCUT2D eigenvalue weighted by atomic mass is 32.2. The Morgan fingerprint density at radius 2 is 2.00 bits per heavy atom. The highest BCUT2D eigenvalue weighted by Gasteiger charge is 2.11. The van der Waals surface area contributed by atoms with Gasteiger partial charge in [0.1, 0.15) is 9.84 Å². The Balaban J connectivity index is 3.98. The molecule has 0 bridgehead atoms. The molecular formula is C10H20N2O2S. The fraction of sp³-hybridized carbons (Fsp3) is 0.900. The predicted octanol–water partition coefficient (Wildman–Crippen LogP) is 1.05. The molecule has 0 unspecified atom stereocenters. The first-order chi connectivity index (χ1) is 6.93. The van der Waals surface area contributed by atoms with Crippen molar-refractivity contribution >= 4 is 9.84 Å². The SMILES string of the molecule is CCS(=O)(=O)CCCN(CC#N)C(C)C. The molecule has 0 saturated heterocycles. The van der Waals surface area contributed by atoms with Crippen LogP contribution in [0.1, 0.15) is 27.2 Å². The van der Waals surface area contributed by atoms with Gasteiger partial charge in [0.25, 0.3) is 0 Å². The van der Waals surface area contributed by atoms with Gasteiger partial charge >= 0.3 is 0 Å². The molecule has 0 saturated carbocycles. The smallest absolute Gasteiger partial charge is 0.150 e. The zero-order valence-corrected chi connectivity index (χ0v) is 10.5. The minimum Gasteiger partial charge on any atom is -0.288 e. The van der Waals surface area contributed by atoms with Gasteiger partial charge in [0.15, 0.2) is 0 Å². The summed E-state index contributed by atoms with van der Waals surface area (Å²) in [4.78, 5) is 1.98. The molecule has 0 aliphatic heterocycles. The highest BCUT2D eigenvalue weighted by molar-refractivity contribution is 7.91. The molecule has 0 aliphatic rings. The largest absolute Gasteiger partial charge is 0.288 e. The number of nitrogens with zero attached hydrogens (tertiary/aromatic N) is 2. The van der Waals surface area contributed by atoms with Crippen LogP contribution >= 0.6 is 0 Å². The van der Waals surface area contributed by atoms with Crippen LogP contribution in [0.2, 0.25) is 0 Å². The average molecular weight is 232 g/mol. The van der Waals surface area contributed by atoms with E-state index < -0.39 is 9.84 Å². The zero-order chi connectivity index (χ0) is 11.9. The monoisotopic (exact) mass is 232 g/mol. The van der Waals surface area contributed by atoms with Gasteiger partial charge in [-0.25, -0.2) is 8.42 Å². The Bertz CT molecular complexity index is 304. The topological polar surface area (TPSA) is 61.2 Å². The highest BCUT2D eigenvalue weighted by Crippen LogP contribution is 2.01. The molecule has 0 heterocycles. The molecule has 0 amide bonds. The second kappa shape index (κ2) is 6.81. The molecule has 0 aromatic rings. The van der Waals surface area contributed by atoms with Crippen molar-refractivity contribution in [1.29, 1.82) is 5.26 Å². The molecule has 0 radical (unpaired) electrons. The van der Waals surface area contributed by atoms with Gasteiger partial charge < -0.3 is 0 Å². The third kappa shape index (κ3) is 6.47. The number of sulfone groups is 1.